The Balaban J connectivity index is 2.65. The van der Waals surface area contributed by atoms with Crippen LogP contribution in [0.25, 0.3) is 5.70 Å². The first kappa shape index (κ1) is 13.2. The zero-order valence-corrected chi connectivity index (χ0v) is 11.1. The summed E-state index contributed by atoms with van der Waals surface area (Å²) in [6, 6.07) is 5.39. The maximum Gasteiger partial charge on any atom is 0.245 e. The van der Waals surface area contributed by atoms with Crippen molar-refractivity contribution in [3.8, 4) is 5.75 Å². The molecular weight excluding hydrogens is 244 g/mol. The number of benzene rings is 1. The highest BCUT2D eigenvalue weighted by atomic mass is 16.5. The van der Waals surface area contributed by atoms with Crippen LogP contribution in [0.2, 0.25) is 0 Å². The van der Waals surface area contributed by atoms with Crippen LogP contribution in [0.5, 0.6) is 5.75 Å². The predicted octanol–water partition coefficient (Wildman–Crippen LogP) is 0.860. The second kappa shape index (κ2) is 5.19. The van der Waals surface area contributed by atoms with Gasteiger partial charge >= 0.3 is 0 Å². The average molecular weight is 262 g/mol. The summed E-state index contributed by atoms with van der Waals surface area (Å²) in [7, 11) is 1.59. The molecule has 0 fully saturated rings. The first-order valence-corrected chi connectivity index (χ1v) is 6.06. The highest BCUT2D eigenvalue weighted by Crippen LogP contribution is 2.32. The number of carbonyl (C=O) groups is 1. The number of amides is 1. The Kier molecular flexibility index (Phi) is 3.62. The number of rotatable bonds is 2. The van der Waals surface area contributed by atoms with Gasteiger partial charge in [-0.25, -0.2) is 5.84 Å². The molecule has 2 rings (SSSR count). The van der Waals surface area contributed by atoms with E-state index >= 15 is 0 Å². The number of nitrogens with zero attached hydrogens (tertiary/aromatic N) is 1. The van der Waals surface area contributed by atoms with Crippen molar-refractivity contribution in [1.29, 1.82) is 0 Å². The largest absolute Gasteiger partial charge is 0.497 e. The number of methoxy groups -OCH3 is 1. The number of hydrazine groups is 1. The molecular formula is C13H18N4O2. The lowest BCUT2D eigenvalue weighted by molar-refractivity contribution is -0.116. The van der Waals surface area contributed by atoms with Gasteiger partial charge < -0.3 is 15.8 Å². The Morgan fingerprint density at radius 2 is 2.26 bits per heavy atom. The summed E-state index contributed by atoms with van der Waals surface area (Å²) < 4.78 is 5.21. The molecule has 0 spiro atoms. The van der Waals surface area contributed by atoms with Gasteiger partial charge in [-0.2, -0.15) is 0 Å². The Labute approximate surface area is 112 Å². The van der Waals surface area contributed by atoms with Crippen molar-refractivity contribution >= 4 is 17.3 Å². The number of carbonyl (C=O) groups excluding carboxylic acids is 1. The van der Waals surface area contributed by atoms with E-state index in [9.17, 15) is 4.79 Å². The minimum absolute atomic E-state index is 0.0625. The number of hydrogen-bond donors (Lipinski definition) is 3. The molecule has 0 aliphatic carbocycles. The Morgan fingerprint density at radius 3 is 2.89 bits per heavy atom. The van der Waals surface area contributed by atoms with Gasteiger partial charge in [-0.1, -0.05) is 6.92 Å². The van der Waals surface area contributed by atoms with Crippen LogP contribution in [0.4, 0.5) is 5.69 Å². The molecule has 0 radical (unpaired) electrons. The van der Waals surface area contributed by atoms with Crippen molar-refractivity contribution in [2.45, 2.75) is 13.3 Å². The van der Waals surface area contributed by atoms with Gasteiger partial charge in [0.1, 0.15) is 12.3 Å². The van der Waals surface area contributed by atoms with Crippen LogP contribution in [0.1, 0.15) is 18.9 Å². The van der Waals surface area contributed by atoms with Gasteiger partial charge in [-0.3, -0.25) is 9.80 Å². The molecule has 5 N–H and O–H groups in total. The van der Waals surface area contributed by atoms with Crippen LogP contribution in [0.15, 0.2) is 23.9 Å². The van der Waals surface area contributed by atoms with E-state index < -0.39 is 0 Å². The molecule has 1 aliphatic rings. The molecule has 19 heavy (non-hydrogen) atoms. The Hall–Kier alpha value is -2.21. The number of nitrogens with one attached hydrogen (secondary N) is 1. The number of hydrogen-bond acceptors (Lipinski definition) is 5. The molecule has 102 valence electrons. The number of ether oxygens (including phenoxy) is 1. The predicted molar refractivity (Wildman–Crippen MR) is 73.9 cm³/mol. The topological polar surface area (TPSA) is 93.6 Å². The molecule has 1 aromatic rings. The number of fused-ring (bicyclic) bond motifs is 1. The second-order valence-electron chi connectivity index (χ2n) is 4.31. The van der Waals surface area contributed by atoms with Crippen LogP contribution in [-0.4, -0.2) is 24.6 Å². The molecule has 1 amide bonds. The molecule has 0 saturated carbocycles. The summed E-state index contributed by atoms with van der Waals surface area (Å²) in [5, 5.41) is 4.18. The maximum absolute atomic E-state index is 11.7. The van der Waals surface area contributed by atoms with E-state index in [1.54, 1.807) is 19.2 Å². The molecule has 1 aliphatic heterocycles. The minimum atomic E-state index is -0.173. The standard InChI is InChI=1S/C13H18N4O2/c1-3-10(14)13-9-6-8(19-2)4-5-11(9)16-12(18)7-17(13)15/h4-6H,3,7,14-15H2,1-2H3,(H,16,18)/b13-10-. The Bertz CT molecular complexity index is 539. The molecule has 1 aromatic carbocycles. The summed E-state index contributed by atoms with van der Waals surface area (Å²) in [5.74, 6) is 6.46. The second-order valence-corrected chi connectivity index (χ2v) is 4.31. The van der Waals surface area contributed by atoms with E-state index in [0.29, 0.717) is 29.3 Å². The van der Waals surface area contributed by atoms with E-state index in [0.717, 1.165) is 5.56 Å². The third-order valence-corrected chi connectivity index (χ3v) is 3.04. The van der Waals surface area contributed by atoms with Gasteiger partial charge in [0, 0.05) is 11.3 Å². The van der Waals surface area contributed by atoms with Crippen LogP contribution in [-0.2, 0) is 4.79 Å². The van der Waals surface area contributed by atoms with Crippen LogP contribution in [0, 0.1) is 0 Å². The van der Waals surface area contributed by atoms with Crippen molar-refractivity contribution in [1.82, 2.24) is 5.01 Å². The minimum Gasteiger partial charge on any atom is -0.497 e. The number of nitrogens with two attached hydrogens (primary N) is 2. The quantitative estimate of drug-likeness (QED) is 0.687. The van der Waals surface area contributed by atoms with Gasteiger partial charge in [-0.15, -0.1) is 0 Å². The highest BCUT2D eigenvalue weighted by molar-refractivity contribution is 5.98. The van der Waals surface area contributed by atoms with Crippen molar-refractivity contribution in [2.75, 3.05) is 19.0 Å². The number of anilines is 1. The van der Waals surface area contributed by atoms with E-state index in [2.05, 4.69) is 5.32 Å². The van der Waals surface area contributed by atoms with E-state index in [-0.39, 0.29) is 12.5 Å². The van der Waals surface area contributed by atoms with Gasteiger partial charge in [0.15, 0.2) is 0 Å². The molecule has 0 atom stereocenters. The fourth-order valence-electron chi connectivity index (χ4n) is 2.06. The van der Waals surface area contributed by atoms with Gasteiger partial charge in [0.25, 0.3) is 0 Å². The van der Waals surface area contributed by atoms with Crippen molar-refractivity contribution < 1.29 is 9.53 Å². The molecule has 0 aromatic heterocycles. The molecule has 1 heterocycles. The lowest BCUT2D eigenvalue weighted by Gasteiger charge is -2.21. The molecule has 6 nitrogen and oxygen atoms in total. The van der Waals surface area contributed by atoms with E-state index in [1.807, 2.05) is 13.0 Å². The lowest BCUT2D eigenvalue weighted by Crippen LogP contribution is -2.36. The monoisotopic (exact) mass is 262 g/mol. The summed E-state index contributed by atoms with van der Waals surface area (Å²) >= 11 is 0. The highest BCUT2D eigenvalue weighted by Gasteiger charge is 2.23. The SMILES string of the molecule is CC/C(N)=C1\c2cc(OC)ccc2NC(=O)CN1N. The fourth-order valence-corrected chi connectivity index (χ4v) is 2.06. The lowest BCUT2D eigenvalue weighted by atomic mass is 10.1. The van der Waals surface area contributed by atoms with Gasteiger partial charge in [-0.05, 0) is 24.6 Å². The summed E-state index contributed by atoms with van der Waals surface area (Å²) in [4.78, 5) is 11.7. The zero-order chi connectivity index (χ0) is 14.0. The summed E-state index contributed by atoms with van der Waals surface area (Å²) in [5.41, 5.74) is 8.79. The fraction of sp³-hybridized carbons (Fsp3) is 0.308. The van der Waals surface area contributed by atoms with Gasteiger partial charge in [0.05, 0.1) is 18.5 Å². The molecule has 0 unspecified atom stereocenters. The zero-order valence-electron chi connectivity index (χ0n) is 11.1. The van der Waals surface area contributed by atoms with Crippen LogP contribution in [0.3, 0.4) is 0 Å². The smallest absolute Gasteiger partial charge is 0.245 e. The van der Waals surface area contributed by atoms with Crippen molar-refractivity contribution in [2.24, 2.45) is 11.6 Å². The Morgan fingerprint density at radius 1 is 1.53 bits per heavy atom. The molecule has 0 bridgehead atoms. The maximum atomic E-state index is 11.7. The first-order valence-electron chi connectivity index (χ1n) is 6.06. The molecule has 0 saturated heterocycles. The van der Waals surface area contributed by atoms with E-state index in [1.165, 1.54) is 5.01 Å². The number of allylic oxidation sites excluding steroid dienone is 1. The molecule has 6 heteroatoms. The van der Waals surface area contributed by atoms with Gasteiger partial charge in [0.2, 0.25) is 5.91 Å². The normalized spacial score (nSPS) is 17.4. The third-order valence-electron chi connectivity index (χ3n) is 3.04. The first-order chi connectivity index (χ1) is 9.06. The van der Waals surface area contributed by atoms with Crippen LogP contribution >= 0.6 is 0 Å². The summed E-state index contributed by atoms with van der Waals surface area (Å²) in [6.07, 6.45) is 0.647. The third kappa shape index (κ3) is 2.48. The van der Waals surface area contributed by atoms with Crippen LogP contribution < -0.4 is 21.6 Å². The van der Waals surface area contributed by atoms with Crippen molar-refractivity contribution in [3.05, 3.63) is 29.5 Å². The van der Waals surface area contributed by atoms with Crippen molar-refractivity contribution in [3.63, 3.8) is 0 Å². The summed E-state index contributed by atoms with van der Waals surface area (Å²) in [6.45, 7) is 2.00. The van der Waals surface area contributed by atoms with E-state index in [4.69, 9.17) is 16.3 Å². The average Bonchev–Trinajstić information content (AvgIpc) is 2.51.